The number of piperazine rings is 1. The lowest BCUT2D eigenvalue weighted by atomic mass is 10.2. The molecule has 0 saturated carbocycles. The van der Waals surface area contributed by atoms with Gasteiger partial charge in [0.05, 0.1) is 4.90 Å². The largest absolute Gasteiger partial charge is 0.328 e. The van der Waals surface area contributed by atoms with Gasteiger partial charge in [0.1, 0.15) is 5.56 Å². The standard InChI is InChI=1S/C24H25N5O5S/c30-22(26-27-24(32)21-7-4-12-25-23(21)31)19-8-10-20(11-9-19)35(33,34)29-15-13-28(14-16-29)17-18-5-2-1-3-6-18/h1-12H,13-17H2,(H,25,31)(H,26,30)(H,27,32). The van der Waals surface area contributed by atoms with Crippen LogP contribution in [0.3, 0.4) is 0 Å². The average molecular weight is 496 g/mol. The third kappa shape index (κ3) is 5.83. The van der Waals surface area contributed by atoms with Gasteiger partial charge in [0, 0.05) is 44.5 Å². The van der Waals surface area contributed by atoms with Crippen molar-refractivity contribution in [3.63, 3.8) is 0 Å². The van der Waals surface area contributed by atoms with Crippen molar-refractivity contribution in [3.05, 3.63) is 100.0 Å². The lowest BCUT2D eigenvalue weighted by Crippen LogP contribution is -2.48. The Morgan fingerprint density at radius 3 is 2.14 bits per heavy atom. The van der Waals surface area contributed by atoms with Crippen LogP contribution in [0.2, 0.25) is 0 Å². The monoisotopic (exact) mass is 495 g/mol. The molecule has 11 heteroatoms. The first-order chi connectivity index (χ1) is 16.8. The first kappa shape index (κ1) is 24.3. The molecule has 182 valence electrons. The molecule has 0 radical (unpaired) electrons. The van der Waals surface area contributed by atoms with Crippen LogP contribution >= 0.6 is 0 Å². The molecule has 0 atom stereocenters. The Morgan fingerprint density at radius 2 is 1.49 bits per heavy atom. The van der Waals surface area contributed by atoms with Gasteiger partial charge in [-0.05, 0) is 42.0 Å². The number of carbonyl (C=O) groups excluding carboxylic acids is 2. The molecule has 1 aliphatic heterocycles. The molecule has 2 heterocycles. The molecule has 3 aromatic rings. The summed E-state index contributed by atoms with van der Waals surface area (Å²) in [5.74, 6) is -1.42. The highest BCUT2D eigenvalue weighted by Crippen LogP contribution is 2.19. The molecule has 10 nitrogen and oxygen atoms in total. The molecule has 2 amide bonds. The topological polar surface area (TPSA) is 132 Å². The predicted octanol–water partition coefficient (Wildman–Crippen LogP) is 0.956. The molecular weight excluding hydrogens is 470 g/mol. The summed E-state index contributed by atoms with van der Waals surface area (Å²) in [6.07, 6.45) is 1.39. The zero-order chi connectivity index (χ0) is 24.8. The summed E-state index contributed by atoms with van der Waals surface area (Å²) in [4.78, 5) is 40.7. The summed E-state index contributed by atoms with van der Waals surface area (Å²) in [7, 11) is -3.70. The Bertz CT molecular complexity index is 1350. The molecule has 0 unspecified atom stereocenters. The first-order valence-electron chi connectivity index (χ1n) is 11.0. The summed E-state index contributed by atoms with van der Waals surface area (Å²) >= 11 is 0. The third-order valence-corrected chi connectivity index (χ3v) is 7.60. The third-order valence-electron chi connectivity index (χ3n) is 5.69. The van der Waals surface area contributed by atoms with Crippen LogP contribution in [0, 0.1) is 0 Å². The van der Waals surface area contributed by atoms with Crippen molar-refractivity contribution in [3.8, 4) is 0 Å². The Morgan fingerprint density at radius 1 is 0.829 bits per heavy atom. The van der Waals surface area contributed by atoms with Gasteiger partial charge in [0.2, 0.25) is 10.0 Å². The van der Waals surface area contributed by atoms with E-state index in [1.54, 1.807) is 0 Å². The van der Waals surface area contributed by atoms with Crippen molar-refractivity contribution in [1.29, 1.82) is 0 Å². The minimum atomic E-state index is -3.70. The lowest BCUT2D eigenvalue weighted by Gasteiger charge is -2.34. The van der Waals surface area contributed by atoms with Crippen LogP contribution in [-0.2, 0) is 16.6 Å². The number of hydrogen-bond donors (Lipinski definition) is 3. The maximum absolute atomic E-state index is 13.1. The van der Waals surface area contributed by atoms with E-state index < -0.39 is 27.4 Å². The number of pyridine rings is 1. The highest BCUT2D eigenvalue weighted by molar-refractivity contribution is 7.89. The van der Waals surface area contributed by atoms with Gasteiger partial charge in [-0.3, -0.25) is 30.1 Å². The van der Waals surface area contributed by atoms with Crippen molar-refractivity contribution in [2.24, 2.45) is 0 Å². The van der Waals surface area contributed by atoms with Crippen LogP contribution in [0.1, 0.15) is 26.3 Å². The Labute approximate surface area is 202 Å². The van der Waals surface area contributed by atoms with Gasteiger partial charge in [0.15, 0.2) is 0 Å². The fourth-order valence-corrected chi connectivity index (χ4v) is 5.17. The van der Waals surface area contributed by atoms with Crippen molar-refractivity contribution in [2.75, 3.05) is 26.2 Å². The number of carbonyl (C=O) groups is 2. The SMILES string of the molecule is O=C(NNC(=O)c1ccc[nH]c1=O)c1ccc(S(=O)(=O)N2CCN(Cc3ccccc3)CC2)cc1. The maximum Gasteiger partial charge on any atom is 0.275 e. The molecule has 4 rings (SSSR count). The number of H-pyrrole nitrogens is 1. The Balaban J connectivity index is 1.33. The number of nitrogens with one attached hydrogen (secondary N) is 3. The second-order valence-corrected chi connectivity index (χ2v) is 9.95. The van der Waals surface area contributed by atoms with E-state index >= 15 is 0 Å². The molecule has 1 saturated heterocycles. The van der Waals surface area contributed by atoms with Gasteiger partial charge in [-0.25, -0.2) is 8.42 Å². The predicted molar refractivity (Wildman–Crippen MR) is 129 cm³/mol. The zero-order valence-electron chi connectivity index (χ0n) is 18.8. The number of hydrogen-bond acceptors (Lipinski definition) is 6. The second-order valence-electron chi connectivity index (χ2n) is 8.01. The minimum Gasteiger partial charge on any atom is -0.328 e. The summed E-state index contributed by atoms with van der Waals surface area (Å²) in [6.45, 7) is 2.77. The first-order valence-corrected chi connectivity index (χ1v) is 12.4. The summed E-state index contributed by atoms with van der Waals surface area (Å²) in [5.41, 5.74) is 4.97. The molecule has 3 N–H and O–H groups in total. The van der Waals surface area contributed by atoms with E-state index in [-0.39, 0.29) is 16.0 Å². The van der Waals surface area contributed by atoms with Crippen LogP contribution in [0.5, 0.6) is 0 Å². The van der Waals surface area contributed by atoms with Crippen molar-refractivity contribution >= 4 is 21.8 Å². The van der Waals surface area contributed by atoms with E-state index in [2.05, 4.69) is 20.7 Å². The van der Waals surface area contributed by atoms with Gasteiger partial charge >= 0.3 is 0 Å². The number of aromatic amines is 1. The van der Waals surface area contributed by atoms with E-state index in [9.17, 15) is 22.8 Å². The number of sulfonamides is 1. The highest BCUT2D eigenvalue weighted by Gasteiger charge is 2.28. The van der Waals surface area contributed by atoms with Crippen LogP contribution in [0.25, 0.3) is 0 Å². The number of hydrazine groups is 1. The van der Waals surface area contributed by atoms with Crippen LogP contribution < -0.4 is 16.4 Å². The van der Waals surface area contributed by atoms with Crippen molar-refractivity contribution < 1.29 is 18.0 Å². The van der Waals surface area contributed by atoms with E-state index in [1.807, 2.05) is 30.3 Å². The number of amides is 2. The summed E-state index contributed by atoms with van der Waals surface area (Å²) < 4.78 is 27.6. The number of nitrogens with zero attached hydrogens (tertiary/aromatic N) is 2. The van der Waals surface area contributed by atoms with Crippen molar-refractivity contribution in [1.82, 2.24) is 25.0 Å². The smallest absolute Gasteiger partial charge is 0.275 e. The Kier molecular flexibility index (Phi) is 7.39. The molecule has 1 aromatic heterocycles. The van der Waals surface area contributed by atoms with Gasteiger partial charge in [0.25, 0.3) is 17.4 Å². The minimum absolute atomic E-state index is 0.0883. The number of benzene rings is 2. The highest BCUT2D eigenvalue weighted by atomic mass is 32.2. The second kappa shape index (κ2) is 10.6. The van der Waals surface area contributed by atoms with Crippen LogP contribution in [0.15, 0.2) is 82.6 Å². The van der Waals surface area contributed by atoms with Crippen molar-refractivity contribution in [2.45, 2.75) is 11.4 Å². The molecule has 1 fully saturated rings. The number of aromatic nitrogens is 1. The molecular formula is C24H25N5O5S. The Hall–Kier alpha value is -3.80. The van der Waals surface area contributed by atoms with E-state index in [1.165, 1.54) is 52.5 Å². The van der Waals surface area contributed by atoms with Crippen LogP contribution in [-0.4, -0.2) is 60.6 Å². The maximum atomic E-state index is 13.1. The van der Waals surface area contributed by atoms with Gasteiger partial charge in [-0.1, -0.05) is 30.3 Å². The van der Waals surface area contributed by atoms with E-state index in [4.69, 9.17) is 0 Å². The molecule has 35 heavy (non-hydrogen) atoms. The van der Waals surface area contributed by atoms with Gasteiger partial charge < -0.3 is 4.98 Å². The van der Waals surface area contributed by atoms with E-state index in [0.717, 1.165) is 6.54 Å². The molecule has 0 aliphatic carbocycles. The molecule has 0 spiro atoms. The average Bonchev–Trinajstić information content (AvgIpc) is 2.88. The lowest BCUT2D eigenvalue weighted by molar-refractivity contribution is 0.0846. The van der Waals surface area contributed by atoms with Crippen LogP contribution in [0.4, 0.5) is 0 Å². The number of rotatable bonds is 6. The zero-order valence-corrected chi connectivity index (χ0v) is 19.6. The fraction of sp³-hybridized carbons (Fsp3) is 0.208. The molecule has 0 bridgehead atoms. The van der Waals surface area contributed by atoms with E-state index in [0.29, 0.717) is 26.2 Å². The normalized spacial score (nSPS) is 14.9. The quantitative estimate of drug-likeness (QED) is 0.437. The van der Waals surface area contributed by atoms with Gasteiger partial charge in [-0.2, -0.15) is 4.31 Å². The molecule has 2 aromatic carbocycles. The summed E-state index contributed by atoms with van der Waals surface area (Å²) in [6, 6.07) is 18.3. The molecule has 1 aliphatic rings. The van der Waals surface area contributed by atoms with Gasteiger partial charge in [-0.15, -0.1) is 0 Å². The fourth-order valence-electron chi connectivity index (χ4n) is 3.75. The summed E-state index contributed by atoms with van der Waals surface area (Å²) in [5, 5.41) is 0.